The van der Waals surface area contributed by atoms with Crippen LogP contribution in [0.1, 0.15) is 23.6 Å². The fourth-order valence-electron chi connectivity index (χ4n) is 3.24. The molecule has 3 aromatic rings. The molecule has 0 heterocycles. The fourth-order valence-corrected chi connectivity index (χ4v) is 3.24. The zero-order valence-corrected chi connectivity index (χ0v) is 20.0. The average molecular weight is 502 g/mol. The molecule has 11 heteroatoms. The molecular weight excluding hydrogens is 480 g/mol. The zero-order chi connectivity index (χ0) is 26.9. The van der Waals surface area contributed by atoms with E-state index in [1.54, 1.807) is 44.2 Å². The molecule has 0 aliphatic heterocycles. The van der Waals surface area contributed by atoms with Crippen molar-refractivity contribution in [2.75, 3.05) is 11.9 Å². The molecule has 0 unspecified atom stereocenters. The number of aryl methyl sites for hydroxylation is 1. The van der Waals surface area contributed by atoms with Crippen LogP contribution < -0.4 is 14.8 Å². The molecule has 0 aliphatic carbocycles. The predicted molar refractivity (Wildman–Crippen MR) is 135 cm³/mol. The SMILES string of the molecule is CCOc1cc(/C=C(\C#N)C(=O)Nc2cc([N+](=O)[O-])ccc2C)ccc1OCc1ccc([N+](=O)[O-])cc1. The van der Waals surface area contributed by atoms with E-state index in [9.17, 15) is 30.3 Å². The number of carbonyl (C=O) groups excluding carboxylic acids is 1. The number of ether oxygens (including phenoxy) is 2. The summed E-state index contributed by atoms with van der Waals surface area (Å²) in [6.07, 6.45) is 1.37. The molecule has 0 spiro atoms. The van der Waals surface area contributed by atoms with Gasteiger partial charge in [-0.3, -0.25) is 25.0 Å². The van der Waals surface area contributed by atoms with Crippen LogP contribution in [0.4, 0.5) is 17.1 Å². The Morgan fingerprint density at radius 3 is 2.27 bits per heavy atom. The van der Waals surface area contributed by atoms with Gasteiger partial charge in [0.1, 0.15) is 18.2 Å². The van der Waals surface area contributed by atoms with Gasteiger partial charge in [0.05, 0.1) is 22.1 Å². The van der Waals surface area contributed by atoms with Crippen LogP contribution in [0, 0.1) is 38.5 Å². The number of nitro benzene ring substituents is 2. The number of hydrogen-bond acceptors (Lipinski definition) is 8. The lowest BCUT2D eigenvalue weighted by Crippen LogP contribution is -2.14. The van der Waals surface area contributed by atoms with Gasteiger partial charge in [0.2, 0.25) is 0 Å². The van der Waals surface area contributed by atoms with Crippen molar-refractivity contribution in [2.24, 2.45) is 0 Å². The van der Waals surface area contributed by atoms with E-state index >= 15 is 0 Å². The lowest BCUT2D eigenvalue weighted by molar-refractivity contribution is -0.385. The Labute approximate surface area is 211 Å². The molecule has 0 aromatic heterocycles. The number of carbonyl (C=O) groups is 1. The maximum absolute atomic E-state index is 12.7. The molecule has 0 saturated heterocycles. The standard InChI is InChI=1S/C26H22N4O7/c1-3-36-25-13-19(7-11-24(25)37-16-18-5-9-21(10-6-18)29(32)33)12-20(15-27)26(31)28-23-14-22(30(34)35)8-4-17(23)2/h4-14H,3,16H2,1-2H3,(H,28,31)/b20-12+. The van der Waals surface area contributed by atoms with Gasteiger partial charge in [0.25, 0.3) is 17.3 Å². The van der Waals surface area contributed by atoms with E-state index in [1.807, 2.05) is 6.07 Å². The van der Waals surface area contributed by atoms with Crippen LogP contribution in [-0.2, 0) is 11.4 Å². The molecule has 0 saturated carbocycles. The summed E-state index contributed by atoms with van der Waals surface area (Å²) >= 11 is 0. The number of nitro groups is 2. The van der Waals surface area contributed by atoms with E-state index in [0.717, 1.165) is 5.56 Å². The Morgan fingerprint density at radius 1 is 0.973 bits per heavy atom. The summed E-state index contributed by atoms with van der Waals surface area (Å²) in [5.74, 6) is 0.0699. The normalized spacial score (nSPS) is 10.8. The number of non-ortho nitro benzene ring substituents is 2. The van der Waals surface area contributed by atoms with Crippen molar-refractivity contribution in [1.29, 1.82) is 5.26 Å². The van der Waals surface area contributed by atoms with Crippen LogP contribution in [0.2, 0.25) is 0 Å². The van der Waals surface area contributed by atoms with Gasteiger partial charge in [0.15, 0.2) is 11.5 Å². The Morgan fingerprint density at radius 2 is 1.65 bits per heavy atom. The third-order valence-electron chi connectivity index (χ3n) is 5.17. The lowest BCUT2D eigenvalue weighted by Gasteiger charge is -2.13. The fraction of sp³-hybridized carbons (Fsp3) is 0.154. The molecule has 0 radical (unpaired) electrons. The molecule has 11 nitrogen and oxygen atoms in total. The number of rotatable bonds is 10. The predicted octanol–water partition coefficient (Wildman–Crippen LogP) is 5.33. The summed E-state index contributed by atoms with van der Waals surface area (Å²) in [6.45, 7) is 3.94. The van der Waals surface area contributed by atoms with Gasteiger partial charge in [0, 0.05) is 24.3 Å². The molecule has 37 heavy (non-hydrogen) atoms. The van der Waals surface area contributed by atoms with Gasteiger partial charge in [-0.25, -0.2) is 0 Å². The lowest BCUT2D eigenvalue weighted by atomic mass is 10.1. The van der Waals surface area contributed by atoms with E-state index in [0.29, 0.717) is 29.2 Å². The van der Waals surface area contributed by atoms with Gasteiger partial charge >= 0.3 is 0 Å². The minimum absolute atomic E-state index is 0.0205. The number of hydrogen-bond donors (Lipinski definition) is 1. The van der Waals surface area contributed by atoms with Crippen LogP contribution >= 0.6 is 0 Å². The third kappa shape index (κ3) is 6.89. The number of anilines is 1. The smallest absolute Gasteiger partial charge is 0.271 e. The molecule has 0 bridgehead atoms. The van der Waals surface area contributed by atoms with Crippen LogP contribution in [0.25, 0.3) is 6.08 Å². The molecule has 0 atom stereocenters. The van der Waals surface area contributed by atoms with E-state index in [-0.39, 0.29) is 29.2 Å². The van der Waals surface area contributed by atoms with Crippen molar-refractivity contribution < 1.29 is 24.1 Å². The van der Waals surface area contributed by atoms with Gasteiger partial charge in [-0.2, -0.15) is 5.26 Å². The van der Waals surface area contributed by atoms with Gasteiger partial charge in [-0.1, -0.05) is 12.1 Å². The second-order valence-electron chi connectivity index (χ2n) is 7.73. The molecule has 0 aliphatic rings. The monoisotopic (exact) mass is 502 g/mol. The minimum atomic E-state index is -0.720. The highest BCUT2D eigenvalue weighted by Gasteiger charge is 2.15. The Bertz CT molecular complexity index is 1410. The second kappa shape index (κ2) is 11.9. The van der Waals surface area contributed by atoms with E-state index in [4.69, 9.17) is 9.47 Å². The number of nitrogens with one attached hydrogen (secondary N) is 1. The molecule has 1 amide bonds. The number of nitrogens with zero attached hydrogens (tertiary/aromatic N) is 3. The topological polar surface area (TPSA) is 158 Å². The third-order valence-corrected chi connectivity index (χ3v) is 5.17. The second-order valence-corrected chi connectivity index (χ2v) is 7.73. The van der Waals surface area contributed by atoms with Crippen molar-refractivity contribution in [3.8, 4) is 17.6 Å². The van der Waals surface area contributed by atoms with Crippen LogP contribution in [-0.4, -0.2) is 22.4 Å². The molecular formula is C26H22N4O7. The molecule has 3 aromatic carbocycles. The first-order chi connectivity index (χ1) is 17.7. The summed E-state index contributed by atoms with van der Waals surface area (Å²) in [5.41, 5.74) is 1.62. The first-order valence-electron chi connectivity index (χ1n) is 11.0. The van der Waals surface area contributed by atoms with E-state index < -0.39 is 15.8 Å². The zero-order valence-electron chi connectivity index (χ0n) is 20.0. The highest BCUT2D eigenvalue weighted by Crippen LogP contribution is 2.30. The van der Waals surface area contributed by atoms with Gasteiger partial charge < -0.3 is 14.8 Å². The van der Waals surface area contributed by atoms with E-state index in [1.165, 1.54) is 36.4 Å². The van der Waals surface area contributed by atoms with Crippen molar-refractivity contribution in [1.82, 2.24) is 0 Å². The summed E-state index contributed by atoms with van der Waals surface area (Å²) in [4.78, 5) is 33.5. The average Bonchev–Trinajstić information content (AvgIpc) is 2.88. The Hall–Kier alpha value is -5.24. The van der Waals surface area contributed by atoms with Crippen LogP contribution in [0.5, 0.6) is 11.5 Å². The number of nitriles is 1. The first kappa shape index (κ1) is 26.4. The molecule has 1 N–H and O–H groups in total. The summed E-state index contributed by atoms with van der Waals surface area (Å²) in [6, 6.07) is 16.7. The maximum Gasteiger partial charge on any atom is 0.271 e. The van der Waals surface area contributed by atoms with Crippen LogP contribution in [0.15, 0.2) is 66.2 Å². The highest BCUT2D eigenvalue weighted by molar-refractivity contribution is 6.10. The maximum atomic E-state index is 12.7. The van der Waals surface area contributed by atoms with Crippen molar-refractivity contribution in [3.63, 3.8) is 0 Å². The summed E-state index contributed by atoms with van der Waals surface area (Å²) < 4.78 is 11.5. The van der Waals surface area contributed by atoms with Gasteiger partial charge in [-0.05, 0) is 60.9 Å². The first-order valence-corrected chi connectivity index (χ1v) is 11.0. The van der Waals surface area contributed by atoms with Crippen molar-refractivity contribution in [3.05, 3.63) is 103 Å². The molecule has 0 fully saturated rings. The van der Waals surface area contributed by atoms with Crippen LogP contribution in [0.3, 0.4) is 0 Å². The minimum Gasteiger partial charge on any atom is -0.490 e. The quantitative estimate of drug-likeness (QED) is 0.168. The van der Waals surface area contributed by atoms with Crippen molar-refractivity contribution in [2.45, 2.75) is 20.5 Å². The molecule has 3 rings (SSSR count). The van der Waals surface area contributed by atoms with E-state index in [2.05, 4.69) is 5.32 Å². The summed E-state index contributed by atoms with van der Waals surface area (Å²) in [7, 11) is 0. The van der Waals surface area contributed by atoms with Gasteiger partial charge in [-0.15, -0.1) is 0 Å². The number of benzene rings is 3. The van der Waals surface area contributed by atoms with Crippen molar-refractivity contribution >= 4 is 29.0 Å². The highest BCUT2D eigenvalue weighted by atomic mass is 16.6. The Kier molecular flexibility index (Phi) is 8.51. The Balaban J connectivity index is 1.79. The largest absolute Gasteiger partial charge is 0.490 e. The summed E-state index contributed by atoms with van der Waals surface area (Å²) in [5, 5.41) is 33.9. The number of amides is 1. The molecule has 188 valence electrons.